The first-order chi connectivity index (χ1) is 10.0. The molecule has 21 heavy (non-hydrogen) atoms. The molecule has 1 amide bonds. The van der Waals surface area contributed by atoms with Crippen molar-refractivity contribution in [2.24, 2.45) is 5.92 Å². The van der Waals surface area contributed by atoms with Crippen LogP contribution < -0.4 is 5.73 Å². The van der Waals surface area contributed by atoms with Gasteiger partial charge in [-0.05, 0) is 25.2 Å². The van der Waals surface area contributed by atoms with Crippen molar-refractivity contribution in [1.29, 1.82) is 0 Å². The van der Waals surface area contributed by atoms with Crippen LogP contribution in [0.4, 0.5) is 5.69 Å². The first-order valence-electron chi connectivity index (χ1n) is 8.18. The Morgan fingerprint density at radius 2 is 2.10 bits per heavy atom. The van der Waals surface area contributed by atoms with Crippen LogP contribution in [0.25, 0.3) is 0 Å². The third kappa shape index (κ3) is 3.57. The summed E-state index contributed by atoms with van der Waals surface area (Å²) in [5, 5.41) is 7.12. The molecule has 1 aromatic rings. The molecule has 2 rings (SSSR count). The van der Waals surface area contributed by atoms with Crippen LogP contribution in [0, 0.1) is 5.92 Å². The largest absolute Gasteiger partial charge is 0.395 e. The van der Waals surface area contributed by atoms with E-state index in [1.807, 2.05) is 4.90 Å². The SMILES string of the molecule is CCCc1[nH]nc(C(=O)N(CC(C)C)C2CCCC2)c1N. The van der Waals surface area contributed by atoms with E-state index < -0.39 is 0 Å². The minimum atomic E-state index is -0.00768. The Kier molecular flexibility index (Phi) is 5.26. The second kappa shape index (κ2) is 6.96. The third-order valence-electron chi connectivity index (χ3n) is 4.17. The Morgan fingerprint density at radius 1 is 1.43 bits per heavy atom. The van der Waals surface area contributed by atoms with E-state index in [0.29, 0.717) is 23.3 Å². The number of hydrogen-bond donors (Lipinski definition) is 2. The molecule has 1 aliphatic rings. The number of aromatic nitrogens is 2. The van der Waals surface area contributed by atoms with E-state index in [0.717, 1.165) is 37.9 Å². The Balaban J connectivity index is 2.20. The number of carbonyl (C=O) groups is 1. The first kappa shape index (κ1) is 15.9. The van der Waals surface area contributed by atoms with Gasteiger partial charge in [0, 0.05) is 12.6 Å². The smallest absolute Gasteiger partial charge is 0.276 e. The van der Waals surface area contributed by atoms with Crippen molar-refractivity contribution in [3.05, 3.63) is 11.4 Å². The molecule has 1 fully saturated rings. The molecule has 0 aromatic carbocycles. The van der Waals surface area contributed by atoms with Gasteiger partial charge in [-0.3, -0.25) is 9.89 Å². The summed E-state index contributed by atoms with van der Waals surface area (Å²) in [6, 6.07) is 0.352. The lowest BCUT2D eigenvalue weighted by Crippen LogP contribution is -2.41. The molecule has 0 unspecified atom stereocenters. The van der Waals surface area contributed by atoms with Crippen molar-refractivity contribution in [3.8, 4) is 0 Å². The van der Waals surface area contributed by atoms with E-state index in [2.05, 4.69) is 31.0 Å². The standard InChI is InChI=1S/C16H28N4O/c1-4-7-13-14(17)15(19-18-13)16(21)20(10-11(2)3)12-8-5-6-9-12/h11-12H,4-10,17H2,1-3H3,(H,18,19). The van der Waals surface area contributed by atoms with E-state index in [4.69, 9.17) is 5.73 Å². The topological polar surface area (TPSA) is 75.0 Å². The number of aromatic amines is 1. The number of nitrogens with one attached hydrogen (secondary N) is 1. The first-order valence-corrected chi connectivity index (χ1v) is 8.18. The van der Waals surface area contributed by atoms with Crippen molar-refractivity contribution in [2.75, 3.05) is 12.3 Å². The Labute approximate surface area is 127 Å². The maximum absolute atomic E-state index is 12.9. The van der Waals surface area contributed by atoms with Gasteiger partial charge in [0.25, 0.3) is 5.91 Å². The monoisotopic (exact) mass is 292 g/mol. The number of amides is 1. The lowest BCUT2D eigenvalue weighted by atomic mass is 10.1. The molecule has 1 saturated carbocycles. The second-order valence-corrected chi connectivity index (χ2v) is 6.50. The zero-order chi connectivity index (χ0) is 15.4. The average molecular weight is 292 g/mol. The number of rotatable bonds is 6. The molecule has 3 N–H and O–H groups in total. The number of nitrogens with two attached hydrogens (primary N) is 1. The van der Waals surface area contributed by atoms with E-state index in [-0.39, 0.29) is 5.91 Å². The molecule has 1 aliphatic carbocycles. The third-order valence-corrected chi connectivity index (χ3v) is 4.17. The second-order valence-electron chi connectivity index (χ2n) is 6.50. The van der Waals surface area contributed by atoms with Gasteiger partial charge in [0.05, 0.1) is 11.4 Å². The van der Waals surface area contributed by atoms with E-state index in [1.165, 1.54) is 12.8 Å². The van der Waals surface area contributed by atoms with Gasteiger partial charge in [-0.2, -0.15) is 5.10 Å². The molecule has 0 saturated heterocycles. The van der Waals surface area contributed by atoms with Crippen molar-refractivity contribution in [2.45, 2.75) is 65.3 Å². The number of H-pyrrole nitrogens is 1. The van der Waals surface area contributed by atoms with Gasteiger partial charge < -0.3 is 10.6 Å². The number of nitrogens with zero attached hydrogens (tertiary/aromatic N) is 2. The maximum Gasteiger partial charge on any atom is 0.276 e. The predicted octanol–water partition coefficient (Wildman–Crippen LogP) is 2.99. The van der Waals surface area contributed by atoms with Crippen LogP contribution in [0.3, 0.4) is 0 Å². The Bertz CT molecular complexity index is 475. The number of carbonyl (C=O) groups excluding carboxylic acids is 1. The summed E-state index contributed by atoms with van der Waals surface area (Å²) in [5.74, 6) is 0.441. The highest BCUT2D eigenvalue weighted by molar-refractivity contribution is 5.97. The number of hydrogen-bond acceptors (Lipinski definition) is 3. The van der Waals surface area contributed by atoms with Gasteiger partial charge in [-0.25, -0.2) is 0 Å². The van der Waals surface area contributed by atoms with E-state index in [1.54, 1.807) is 0 Å². The van der Waals surface area contributed by atoms with E-state index in [9.17, 15) is 4.79 Å². The molecule has 0 bridgehead atoms. The minimum Gasteiger partial charge on any atom is -0.395 e. The summed E-state index contributed by atoms with van der Waals surface area (Å²) in [7, 11) is 0. The number of nitrogen functional groups attached to an aromatic ring is 1. The predicted molar refractivity (Wildman–Crippen MR) is 85.1 cm³/mol. The van der Waals surface area contributed by atoms with Crippen molar-refractivity contribution in [1.82, 2.24) is 15.1 Å². The van der Waals surface area contributed by atoms with Crippen LogP contribution in [0.15, 0.2) is 0 Å². The van der Waals surface area contributed by atoms with Crippen LogP contribution in [-0.2, 0) is 6.42 Å². The summed E-state index contributed by atoms with van der Waals surface area (Å²) in [5.41, 5.74) is 7.95. The summed E-state index contributed by atoms with van der Waals surface area (Å²) in [6.45, 7) is 7.15. The maximum atomic E-state index is 12.9. The van der Waals surface area contributed by atoms with Crippen molar-refractivity contribution in [3.63, 3.8) is 0 Å². The summed E-state index contributed by atoms with van der Waals surface area (Å²) in [4.78, 5) is 14.9. The zero-order valence-corrected chi connectivity index (χ0v) is 13.5. The quantitative estimate of drug-likeness (QED) is 0.846. The molecular weight excluding hydrogens is 264 g/mol. The average Bonchev–Trinajstić information content (AvgIpc) is 3.07. The number of aryl methyl sites for hydroxylation is 1. The molecule has 1 aromatic heterocycles. The summed E-state index contributed by atoms with van der Waals surface area (Å²) < 4.78 is 0. The molecule has 118 valence electrons. The molecule has 5 heteroatoms. The fraction of sp³-hybridized carbons (Fsp3) is 0.750. The molecule has 5 nitrogen and oxygen atoms in total. The van der Waals surface area contributed by atoms with Crippen molar-refractivity contribution >= 4 is 11.6 Å². The highest BCUT2D eigenvalue weighted by Crippen LogP contribution is 2.27. The molecule has 0 spiro atoms. The van der Waals surface area contributed by atoms with Gasteiger partial charge in [0.1, 0.15) is 0 Å². The van der Waals surface area contributed by atoms with Crippen LogP contribution in [-0.4, -0.2) is 33.6 Å². The van der Waals surface area contributed by atoms with Gasteiger partial charge in [-0.1, -0.05) is 40.0 Å². The van der Waals surface area contributed by atoms with Gasteiger partial charge >= 0.3 is 0 Å². The molecule has 0 aliphatic heterocycles. The zero-order valence-electron chi connectivity index (χ0n) is 13.5. The van der Waals surface area contributed by atoms with Crippen molar-refractivity contribution < 1.29 is 4.79 Å². The number of anilines is 1. The fourth-order valence-corrected chi connectivity index (χ4v) is 3.13. The molecule has 1 heterocycles. The lowest BCUT2D eigenvalue weighted by molar-refractivity contribution is 0.0650. The van der Waals surface area contributed by atoms with Gasteiger partial charge in [0.2, 0.25) is 0 Å². The Morgan fingerprint density at radius 3 is 2.67 bits per heavy atom. The summed E-state index contributed by atoms with van der Waals surface area (Å²) in [6.07, 6.45) is 6.45. The van der Waals surface area contributed by atoms with Gasteiger partial charge in [-0.15, -0.1) is 0 Å². The fourth-order valence-electron chi connectivity index (χ4n) is 3.13. The molecule has 0 atom stereocenters. The highest BCUT2D eigenvalue weighted by Gasteiger charge is 2.30. The Hall–Kier alpha value is -1.52. The normalized spacial score (nSPS) is 15.8. The van der Waals surface area contributed by atoms with Crippen LogP contribution in [0.2, 0.25) is 0 Å². The van der Waals surface area contributed by atoms with Gasteiger partial charge in [0.15, 0.2) is 5.69 Å². The van der Waals surface area contributed by atoms with Crippen LogP contribution in [0.5, 0.6) is 0 Å². The lowest BCUT2D eigenvalue weighted by Gasteiger charge is -2.30. The molecule has 0 radical (unpaired) electrons. The van der Waals surface area contributed by atoms with Crippen LogP contribution in [0.1, 0.15) is 69.1 Å². The highest BCUT2D eigenvalue weighted by atomic mass is 16.2. The van der Waals surface area contributed by atoms with Crippen LogP contribution >= 0.6 is 0 Å². The van der Waals surface area contributed by atoms with E-state index >= 15 is 0 Å². The minimum absolute atomic E-state index is 0.00768. The molecular formula is C16H28N4O. The summed E-state index contributed by atoms with van der Waals surface area (Å²) >= 11 is 0.